The lowest BCUT2D eigenvalue weighted by Gasteiger charge is -2.08. The standard InChI is InChI=1S/C13H10N2O4S/c14-7-6-13(16)15-12-3-1-2-9-8-10(20(17,18)19)4-5-11(9)12/h1-5,8H,6H2,(H,15,16)(H,17,18,19). The average molecular weight is 290 g/mol. The maximum absolute atomic E-state index is 11.4. The van der Waals surface area contributed by atoms with Gasteiger partial charge in [-0.2, -0.15) is 13.7 Å². The zero-order valence-corrected chi connectivity index (χ0v) is 11.0. The lowest BCUT2D eigenvalue weighted by Crippen LogP contribution is -2.10. The molecule has 6 nitrogen and oxygen atoms in total. The summed E-state index contributed by atoms with van der Waals surface area (Å²) in [6.45, 7) is 0. The molecule has 0 radical (unpaired) electrons. The minimum absolute atomic E-state index is 0.217. The van der Waals surface area contributed by atoms with Gasteiger partial charge in [0.25, 0.3) is 10.1 Å². The molecule has 2 aromatic rings. The number of anilines is 1. The zero-order chi connectivity index (χ0) is 14.8. The second-order valence-electron chi connectivity index (χ2n) is 4.05. The molecule has 0 bridgehead atoms. The highest BCUT2D eigenvalue weighted by molar-refractivity contribution is 7.85. The first-order valence-electron chi connectivity index (χ1n) is 5.59. The SMILES string of the molecule is N#CCC(=O)Nc1cccc2cc(S(=O)(=O)O)ccc12. The molecule has 0 aliphatic rings. The van der Waals surface area contributed by atoms with Gasteiger partial charge in [-0.1, -0.05) is 18.2 Å². The van der Waals surface area contributed by atoms with Crippen molar-refractivity contribution < 1.29 is 17.8 Å². The molecule has 1 amide bonds. The Labute approximate surface area is 115 Å². The van der Waals surface area contributed by atoms with Crippen LogP contribution < -0.4 is 5.32 Å². The highest BCUT2D eigenvalue weighted by Crippen LogP contribution is 2.26. The summed E-state index contributed by atoms with van der Waals surface area (Å²) in [6, 6.07) is 10.7. The van der Waals surface area contributed by atoms with E-state index in [1.54, 1.807) is 24.3 Å². The van der Waals surface area contributed by atoms with Gasteiger partial charge in [0.15, 0.2) is 0 Å². The summed E-state index contributed by atoms with van der Waals surface area (Å²) in [5.41, 5.74) is 0.477. The number of fused-ring (bicyclic) bond motifs is 1. The maximum Gasteiger partial charge on any atom is 0.294 e. The lowest BCUT2D eigenvalue weighted by molar-refractivity contribution is -0.115. The molecule has 0 spiro atoms. The van der Waals surface area contributed by atoms with Crippen LogP contribution in [0.5, 0.6) is 0 Å². The van der Waals surface area contributed by atoms with Crippen molar-refractivity contribution in [2.75, 3.05) is 5.32 Å². The van der Waals surface area contributed by atoms with Gasteiger partial charge in [0.1, 0.15) is 6.42 Å². The molecular weight excluding hydrogens is 280 g/mol. The summed E-state index contributed by atoms with van der Waals surface area (Å²) >= 11 is 0. The van der Waals surface area contributed by atoms with Crippen molar-refractivity contribution in [3.8, 4) is 6.07 Å². The van der Waals surface area contributed by atoms with E-state index < -0.39 is 16.0 Å². The highest BCUT2D eigenvalue weighted by atomic mass is 32.2. The molecule has 0 fully saturated rings. The smallest absolute Gasteiger partial charge is 0.294 e. The topological polar surface area (TPSA) is 107 Å². The van der Waals surface area contributed by atoms with Crippen LogP contribution >= 0.6 is 0 Å². The molecule has 0 unspecified atom stereocenters. The third-order valence-electron chi connectivity index (χ3n) is 2.66. The van der Waals surface area contributed by atoms with E-state index in [9.17, 15) is 13.2 Å². The Hall–Kier alpha value is -2.43. The van der Waals surface area contributed by atoms with Gasteiger partial charge in [-0.3, -0.25) is 9.35 Å². The van der Waals surface area contributed by atoms with Crippen LogP contribution in [0.1, 0.15) is 6.42 Å². The van der Waals surface area contributed by atoms with Crippen molar-refractivity contribution in [3.63, 3.8) is 0 Å². The second kappa shape index (κ2) is 5.28. The van der Waals surface area contributed by atoms with Gasteiger partial charge >= 0.3 is 0 Å². The Bertz CT molecular complexity index is 822. The van der Waals surface area contributed by atoms with Crippen LogP contribution in [0.4, 0.5) is 5.69 Å². The van der Waals surface area contributed by atoms with Gasteiger partial charge in [0.2, 0.25) is 5.91 Å². The molecule has 2 aromatic carbocycles. The minimum Gasteiger partial charge on any atom is -0.325 e. The highest BCUT2D eigenvalue weighted by Gasteiger charge is 2.11. The van der Waals surface area contributed by atoms with Gasteiger partial charge in [0.05, 0.1) is 11.0 Å². The van der Waals surface area contributed by atoms with Crippen LogP contribution in [0.15, 0.2) is 41.3 Å². The van der Waals surface area contributed by atoms with E-state index in [-0.39, 0.29) is 11.3 Å². The van der Waals surface area contributed by atoms with E-state index in [4.69, 9.17) is 9.81 Å². The van der Waals surface area contributed by atoms with E-state index >= 15 is 0 Å². The van der Waals surface area contributed by atoms with E-state index in [0.29, 0.717) is 16.5 Å². The Balaban J connectivity index is 2.49. The fraction of sp³-hybridized carbons (Fsp3) is 0.0769. The minimum atomic E-state index is -4.27. The summed E-state index contributed by atoms with van der Waals surface area (Å²) in [5.74, 6) is -0.446. The van der Waals surface area contributed by atoms with Crippen molar-refractivity contribution in [1.82, 2.24) is 0 Å². The molecule has 0 saturated heterocycles. The van der Waals surface area contributed by atoms with E-state index in [0.717, 1.165) is 0 Å². The number of hydrogen-bond acceptors (Lipinski definition) is 4. The van der Waals surface area contributed by atoms with Crippen molar-refractivity contribution in [1.29, 1.82) is 5.26 Å². The number of nitrogens with one attached hydrogen (secondary N) is 1. The predicted molar refractivity (Wildman–Crippen MR) is 72.6 cm³/mol. The molecule has 0 atom stereocenters. The van der Waals surface area contributed by atoms with Gasteiger partial charge in [-0.25, -0.2) is 0 Å². The van der Waals surface area contributed by atoms with Crippen molar-refractivity contribution in [3.05, 3.63) is 36.4 Å². The predicted octanol–water partition coefficient (Wildman–Crippen LogP) is 1.94. The van der Waals surface area contributed by atoms with Crippen LogP contribution in [-0.2, 0) is 14.9 Å². The van der Waals surface area contributed by atoms with Crippen LogP contribution in [0, 0.1) is 11.3 Å². The Morgan fingerprint density at radius 1 is 1.30 bits per heavy atom. The second-order valence-corrected chi connectivity index (χ2v) is 5.47. The maximum atomic E-state index is 11.4. The van der Waals surface area contributed by atoms with Crippen molar-refractivity contribution >= 4 is 32.5 Å². The third-order valence-corrected chi connectivity index (χ3v) is 3.51. The first-order chi connectivity index (χ1) is 9.41. The number of carbonyl (C=O) groups excluding carboxylic acids is 1. The fourth-order valence-electron chi connectivity index (χ4n) is 1.80. The molecule has 102 valence electrons. The quantitative estimate of drug-likeness (QED) is 0.840. The first-order valence-corrected chi connectivity index (χ1v) is 7.03. The van der Waals surface area contributed by atoms with Crippen LogP contribution in [0.25, 0.3) is 10.8 Å². The number of nitriles is 1. The molecular formula is C13H10N2O4S. The zero-order valence-electron chi connectivity index (χ0n) is 10.2. The normalized spacial score (nSPS) is 11.0. The number of benzene rings is 2. The lowest BCUT2D eigenvalue weighted by atomic mass is 10.1. The van der Waals surface area contributed by atoms with Crippen molar-refractivity contribution in [2.24, 2.45) is 0 Å². The van der Waals surface area contributed by atoms with Crippen molar-refractivity contribution in [2.45, 2.75) is 11.3 Å². The van der Waals surface area contributed by atoms with E-state index in [2.05, 4.69) is 5.32 Å². The average Bonchev–Trinajstić information content (AvgIpc) is 2.37. The first kappa shape index (κ1) is 14.0. The van der Waals surface area contributed by atoms with Crippen LogP contribution in [0.3, 0.4) is 0 Å². The number of carbonyl (C=O) groups is 1. The van der Waals surface area contributed by atoms with Gasteiger partial charge < -0.3 is 5.32 Å². The number of rotatable bonds is 3. The monoisotopic (exact) mass is 290 g/mol. The summed E-state index contributed by atoms with van der Waals surface area (Å²) < 4.78 is 31.1. The third kappa shape index (κ3) is 2.93. The summed E-state index contributed by atoms with van der Waals surface area (Å²) in [5, 5.41) is 12.2. The Morgan fingerprint density at radius 3 is 2.70 bits per heavy atom. The molecule has 0 heterocycles. The van der Waals surface area contributed by atoms with Crippen LogP contribution in [0.2, 0.25) is 0 Å². The molecule has 0 aromatic heterocycles. The fourth-order valence-corrected chi connectivity index (χ4v) is 2.31. The van der Waals surface area contributed by atoms with Crippen LogP contribution in [-0.4, -0.2) is 18.9 Å². The largest absolute Gasteiger partial charge is 0.325 e. The molecule has 2 N–H and O–H groups in total. The molecule has 20 heavy (non-hydrogen) atoms. The Morgan fingerprint density at radius 2 is 2.05 bits per heavy atom. The summed E-state index contributed by atoms with van der Waals surface area (Å²) in [4.78, 5) is 11.2. The molecule has 7 heteroatoms. The summed E-state index contributed by atoms with van der Waals surface area (Å²) in [7, 11) is -4.27. The summed E-state index contributed by atoms with van der Waals surface area (Å²) in [6.07, 6.45) is -0.264. The molecule has 0 aliphatic heterocycles. The number of hydrogen-bond donors (Lipinski definition) is 2. The molecule has 0 saturated carbocycles. The van der Waals surface area contributed by atoms with Gasteiger partial charge in [0, 0.05) is 11.1 Å². The number of nitrogens with zero attached hydrogens (tertiary/aromatic N) is 1. The molecule has 2 rings (SSSR count). The van der Waals surface area contributed by atoms with E-state index in [1.165, 1.54) is 18.2 Å². The van der Waals surface area contributed by atoms with E-state index in [1.807, 2.05) is 0 Å². The van der Waals surface area contributed by atoms with Gasteiger partial charge in [-0.15, -0.1) is 0 Å². The number of amides is 1. The Kier molecular flexibility index (Phi) is 3.70. The molecule has 0 aliphatic carbocycles. The van der Waals surface area contributed by atoms with Gasteiger partial charge in [-0.05, 0) is 23.6 Å².